The summed E-state index contributed by atoms with van der Waals surface area (Å²) in [4.78, 5) is 0. The molecule has 0 saturated carbocycles. The van der Waals surface area contributed by atoms with Gasteiger partial charge in [0.15, 0.2) is 0 Å². The molecule has 1 aromatic carbocycles. The molecule has 74 valence electrons. The molecule has 0 aliphatic heterocycles. The predicted octanol–water partition coefficient (Wildman–Crippen LogP) is 2.63. The Labute approximate surface area is 83.6 Å². The zero-order valence-electron chi connectivity index (χ0n) is 8.04. The molecule has 1 aliphatic carbocycles. The summed E-state index contributed by atoms with van der Waals surface area (Å²) in [7, 11) is 0. The van der Waals surface area contributed by atoms with E-state index in [2.05, 4.69) is 17.5 Å². The lowest BCUT2D eigenvalue weighted by Gasteiger charge is -2.11. The molecule has 0 amide bonds. The van der Waals surface area contributed by atoms with E-state index in [1.54, 1.807) is 6.07 Å². The highest BCUT2D eigenvalue weighted by Crippen LogP contribution is 2.11. The van der Waals surface area contributed by atoms with Gasteiger partial charge >= 0.3 is 0 Å². The van der Waals surface area contributed by atoms with Crippen molar-refractivity contribution < 1.29 is 4.39 Å². The van der Waals surface area contributed by atoms with Crippen molar-refractivity contribution in [2.45, 2.75) is 25.4 Å². The largest absolute Gasteiger partial charge is 0.309 e. The van der Waals surface area contributed by atoms with Gasteiger partial charge in [-0.1, -0.05) is 30.4 Å². The van der Waals surface area contributed by atoms with E-state index in [4.69, 9.17) is 0 Å². The van der Waals surface area contributed by atoms with E-state index in [0.717, 1.165) is 18.4 Å². The monoisotopic (exact) mass is 191 g/mol. The van der Waals surface area contributed by atoms with E-state index in [-0.39, 0.29) is 5.82 Å². The zero-order valence-corrected chi connectivity index (χ0v) is 8.04. The number of rotatable bonds is 3. The van der Waals surface area contributed by atoms with Crippen molar-refractivity contribution in [1.82, 2.24) is 5.32 Å². The Morgan fingerprint density at radius 1 is 1.21 bits per heavy atom. The molecule has 0 radical (unpaired) electrons. The summed E-state index contributed by atoms with van der Waals surface area (Å²) in [5.74, 6) is -0.119. The molecule has 1 aromatic rings. The summed E-state index contributed by atoms with van der Waals surface area (Å²) in [5.41, 5.74) is 0.749. The van der Waals surface area contributed by atoms with E-state index in [9.17, 15) is 4.39 Å². The first kappa shape index (κ1) is 9.41. The van der Waals surface area contributed by atoms with Crippen molar-refractivity contribution in [3.05, 3.63) is 47.8 Å². The average molecular weight is 191 g/mol. The van der Waals surface area contributed by atoms with Crippen LogP contribution in [0.4, 0.5) is 4.39 Å². The van der Waals surface area contributed by atoms with Gasteiger partial charge in [-0.3, -0.25) is 0 Å². The number of halogens is 1. The normalized spacial score (nSPS) is 16.4. The molecular weight excluding hydrogens is 177 g/mol. The van der Waals surface area contributed by atoms with Crippen LogP contribution in [0.15, 0.2) is 36.4 Å². The fourth-order valence-corrected chi connectivity index (χ4v) is 1.68. The van der Waals surface area contributed by atoms with Gasteiger partial charge in [-0.2, -0.15) is 0 Å². The summed E-state index contributed by atoms with van der Waals surface area (Å²) in [6.07, 6.45) is 6.46. The lowest BCUT2D eigenvalue weighted by Crippen LogP contribution is -2.26. The van der Waals surface area contributed by atoms with Gasteiger partial charge in [0.05, 0.1) is 0 Å². The third-order valence-corrected chi connectivity index (χ3v) is 2.55. The highest BCUT2D eigenvalue weighted by atomic mass is 19.1. The van der Waals surface area contributed by atoms with Crippen molar-refractivity contribution in [3.63, 3.8) is 0 Å². The number of hydrogen-bond acceptors (Lipinski definition) is 1. The molecule has 1 N–H and O–H groups in total. The fourth-order valence-electron chi connectivity index (χ4n) is 1.68. The number of nitrogens with one attached hydrogen (secondary N) is 1. The maximum Gasteiger partial charge on any atom is 0.127 e. The molecule has 0 bridgehead atoms. The van der Waals surface area contributed by atoms with Gasteiger partial charge in [-0.15, -0.1) is 0 Å². The van der Waals surface area contributed by atoms with Crippen LogP contribution in [-0.2, 0) is 6.54 Å². The Bertz CT molecular complexity index is 325. The molecule has 0 fully saturated rings. The van der Waals surface area contributed by atoms with Crippen LogP contribution in [0.1, 0.15) is 18.4 Å². The second-order valence-corrected chi connectivity index (χ2v) is 3.61. The molecular formula is C12H14FN. The van der Waals surface area contributed by atoms with Crippen molar-refractivity contribution in [2.24, 2.45) is 0 Å². The van der Waals surface area contributed by atoms with Crippen LogP contribution in [0, 0.1) is 5.82 Å². The second-order valence-electron chi connectivity index (χ2n) is 3.61. The predicted molar refractivity (Wildman–Crippen MR) is 55.4 cm³/mol. The third-order valence-electron chi connectivity index (χ3n) is 2.55. The van der Waals surface area contributed by atoms with Gasteiger partial charge in [-0.25, -0.2) is 4.39 Å². The minimum absolute atomic E-state index is 0.119. The summed E-state index contributed by atoms with van der Waals surface area (Å²) in [6, 6.07) is 7.41. The molecule has 0 saturated heterocycles. The Morgan fingerprint density at radius 2 is 1.93 bits per heavy atom. The van der Waals surface area contributed by atoms with Gasteiger partial charge in [0.2, 0.25) is 0 Å². The minimum atomic E-state index is -0.119. The highest BCUT2D eigenvalue weighted by molar-refractivity contribution is 5.17. The lowest BCUT2D eigenvalue weighted by atomic mass is 10.2. The maximum atomic E-state index is 13.2. The van der Waals surface area contributed by atoms with Crippen LogP contribution in [0.5, 0.6) is 0 Å². The van der Waals surface area contributed by atoms with Gasteiger partial charge in [-0.05, 0) is 18.9 Å². The van der Waals surface area contributed by atoms with Crippen LogP contribution in [0.2, 0.25) is 0 Å². The van der Waals surface area contributed by atoms with Crippen molar-refractivity contribution in [2.75, 3.05) is 0 Å². The third kappa shape index (κ3) is 2.20. The highest BCUT2D eigenvalue weighted by Gasteiger charge is 2.09. The van der Waals surface area contributed by atoms with Crippen molar-refractivity contribution >= 4 is 0 Å². The first-order chi connectivity index (χ1) is 6.86. The topological polar surface area (TPSA) is 12.0 Å². The van der Waals surface area contributed by atoms with Crippen LogP contribution in [-0.4, -0.2) is 6.04 Å². The molecule has 1 aliphatic rings. The van der Waals surface area contributed by atoms with Crippen LogP contribution >= 0.6 is 0 Å². The molecule has 0 spiro atoms. The van der Waals surface area contributed by atoms with E-state index >= 15 is 0 Å². The molecule has 1 nitrogen and oxygen atoms in total. The SMILES string of the molecule is Fc1ccccc1CNC1CC=CC1. The van der Waals surface area contributed by atoms with E-state index in [1.807, 2.05) is 12.1 Å². The molecule has 2 rings (SSSR count). The van der Waals surface area contributed by atoms with Crippen LogP contribution in [0.25, 0.3) is 0 Å². The molecule has 0 atom stereocenters. The zero-order chi connectivity index (χ0) is 9.80. The Balaban J connectivity index is 1.88. The van der Waals surface area contributed by atoms with Crippen LogP contribution < -0.4 is 5.32 Å². The lowest BCUT2D eigenvalue weighted by molar-refractivity contribution is 0.520. The van der Waals surface area contributed by atoms with Gasteiger partial charge < -0.3 is 5.32 Å². The van der Waals surface area contributed by atoms with Gasteiger partial charge in [0.25, 0.3) is 0 Å². The molecule has 0 aromatic heterocycles. The van der Waals surface area contributed by atoms with E-state index in [0.29, 0.717) is 12.6 Å². The smallest absolute Gasteiger partial charge is 0.127 e. The summed E-state index contributed by atoms with van der Waals surface area (Å²) in [6.45, 7) is 0.624. The van der Waals surface area contributed by atoms with Gasteiger partial charge in [0, 0.05) is 18.2 Å². The number of hydrogen-bond donors (Lipinski definition) is 1. The second kappa shape index (κ2) is 4.38. The Morgan fingerprint density at radius 3 is 2.64 bits per heavy atom. The fraction of sp³-hybridized carbons (Fsp3) is 0.333. The molecule has 0 unspecified atom stereocenters. The Kier molecular flexibility index (Phi) is 2.94. The van der Waals surface area contributed by atoms with Gasteiger partial charge in [0.1, 0.15) is 5.82 Å². The van der Waals surface area contributed by atoms with E-state index in [1.165, 1.54) is 6.07 Å². The first-order valence-electron chi connectivity index (χ1n) is 4.98. The standard InChI is InChI=1S/C12H14FN/c13-12-8-4-1-5-10(12)9-14-11-6-2-3-7-11/h1-5,8,11,14H,6-7,9H2. The Hall–Kier alpha value is -1.15. The molecule has 2 heteroatoms. The summed E-state index contributed by atoms with van der Waals surface area (Å²) >= 11 is 0. The maximum absolute atomic E-state index is 13.2. The number of benzene rings is 1. The first-order valence-corrected chi connectivity index (χ1v) is 4.98. The quantitative estimate of drug-likeness (QED) is 0.724. The molecule has 14 heavy (non-hydrogen) atoms. The van der Waals surface area contributed by atoms with Crippen molar-refractivity contribution in [3.8, 4) is 0 Å². The summed E-state index contributed by atoms with van der Waals surface area (Å²) in [5, 5.41) is 3.34. The molecule has 0 heterocycles. The van der Waals surface area contributed by atoms with Crippen LogP contribution in [0.3, 0.4) is 0 Å². The van der Waals surface area contributed by atoms with E-state index < -0.39 is 0 Å². The summed E-state index contributed by atoms with van der Waals surface area (Å²) < 4.78 is 13.2. The van der Waals surface area contributed by atoms with Crippen molar-refractivity contribution in [1.29, 1.82) is 0 Å². The average Bonchev–Trinajstić information content (AvgIpc) is 2.69. The minimum Gasteiger partial charge on any atom is -0.309 e.